The molecule has 0 bridgehead atoms. The highest BCUT2D eigenvalue weighted by Gasteiger charge is 2.30. The topological polar surface area (TPSA) is 84.9 Å². The van der Waals surface area contributed by atoms with Crippen LogP contribution in [0.2, 0.25) is 0 Å². The SMILES string of the molecule is C[C@H](NS(=O)(=O)c1ccc2c(c1)OCCCO2)C(=O)N1CCc2ccccc21. The van der Waals surface area contributed by atoms with Crippen molar-refractivity contribution in [2.45, 2.75) is 30.7 Å². The summed E-state index contributed by atoms with van der Waals surface area (Å²) in [5.41, 5.74) is 1.93. The fourth-order valence-electron chi connectivity index (χ4n) is 3.46. The number of para-hydroxylation sites is 1. The lowest BCUT2D eigenvalue weighted by Gasteiger charge is -2.22. The van der Waals surface area contributed by atoms with Gasteiger partial charge in [-0.1, -0.05) is 18.2 Å². The molecule has 148 valence electrons. The largest absolute Gasteiger partial charge is 0.490 e. The lowest BCUT2D eigenvalue weighted by Crippen LogP contribution is -2.46. The Morgan fingerprint density at radius 1 is 1.11 bits per heavy atom. The molecule has 8 heteroatoms. The maximum absolute atomic E-state index is 12.8. The van der Waals surface area contributed by atoms with Gasteiger partial charge in [-0.15, -0.1) is 0 Å². The van der Waals surface area contributed by atoms with Crippen LogP contribution in [0, 0.1) is 0 Å². The molecule has 2 aromatic rings. The molecule has 0 saturated heterocycles. The summed E-state index contributed by atoms with van der Waals surface area (Å²) in [5, 5.41) is 0. The Balaban J connectivity index is 1.52. The molecule has 2 aliphatic heterocycles. The molecule has 2 aromatic carbocycles. The minimum absolute atomic E-state index is 0.0400. The molecular weight excluding hydrogens is 380 g/mol. The van der Waals surface area contributed by atoms with E-state index in [0.29, 0.717) is 31.3 Å². The molecule has 0 aromatic heterocycles. The van der Waals surface area contributed by atoms with Gasteiger partial charge in [0.15, 0.2) is 11.5 Å². The van der Waals surface area contributed by atoms with Crippen molar-refractivity contribution < 1.29 is 22.7 Å². The van der Waals surface area contributed by atoms with Gasteiger partial charge in [-0.2, -0.15) is 4.72 Å². The Kier molecular flexibility index (Phi) is 4.99. The second-order valence-electron chi connectivity index (χ2n) is 6.87. The molecule has 0 unspecified atom stereocenters. The first-order valence-electron chi connectivity index (χ1n) is 9.27. The van der Waals surface area contributed by atoms with Crippen LogP contribution in [-0.4, -0.2) is 40.1 Å². The first-order valence-corrected chi connectivity index (χ1v) is 10.8. The van der Waals surface area contributed by atoms with Crippen molar-refractivity contribution in [3.63, 3.8) is 0 Å². The molecule has 2 aliphatic rings. The third kappa shape index (κ3) is 3.57. The number of hydrogen-bond acceptors (Lipinski definition) is 5. The van der Waals surface area contributed by atoms with E-state index >= 15 is 0 Å². The first kappa shape index (κ1) is 18.8. The monoisotopic (exact) mass is 402 g/mol. The van der Waals surface area contributed by atoms with Crippen LogP contribution in [0.15, 0.2) is 47.4 Å². The smallest absolute Gasteiger partial charge is 0.244 e. The van der Waals surface area contributed by atoms with Crippen LogP contribution in [0.5, 0.6) is 11.5 Å². The minimum atomic E-state index is -3.89. The normalized spacial score (nSPS) is 17.0. The van der Waals surface area contributed by atoms with Crippen LogP contribution in [0.25, 0.3) is 0 Å². The molecule has 1 atom stereocenters. The van der Waals surface area contributed by atoms with Crippen LogP contribution in [0.1, 0.15) is 18.9 Å². The van der Waals surface area contributed by atoms with E-state index in [1.807, 2.05) is 24.3 Å². The molecule has 0 saturated carbocycles. The van der Waals surface area contributed by atoms with E-state index in [2.05, 4.69) is 4.72 Å². The van der Waals surface area contributed by atoms with Gasteiger partial charge < -0.3 is 14.4 Å². The summed E-state index contributed by atoms with van der Waals surface area (Å²) < 4.78 is 39.2. The highest BCUT2D eigenvalue weighted by atomic mass is 32.2. The third-order valence-electron chi connectivity index (χ3n) is 4.88. The van der Waals surface area contributed by atoms with Gasteiger partial charge in [0.05, 0.1) is 24.2 Å². The number of fused-ring (bicyclic) bond motifs is 2. The average Bonchev–Trinajstić information content (AvgIpc) is 2.97. The van der Waals surface area contributed by atoms with Gasteiger partial charge in [0.25, 0.3) is 0 Å². The molecule has 1 N–H and O–H groups in total. The number of carbonyl (C=O) groups is 1. The summed E-state index contributed by atoms with van der Waals surface area (Å²) in [6.07, 6.45) is 1.50. The molecule has 0 fully saturated rings. The molecule has 0 aliphatic carbocycles. The number of nitrogens with one attached hydrogen (secondary N) is 1. The highest BCUT2D eigenvalue weighted by Crippen LogP contribution is 2.32. The number of ether oxygens (including phenoxy) is 2. The van der Waals surface area contributed by atoms with E-state index in [9.17, 15) is 13.2 Å². The van der Waals surface area contributed by atoms with Crippen molar-refractivity contribution in [1.29, 1.82) is 0 Å². The Hall–Kier alpha value is -2.58. The van der Waals surface area contributed by atoms with E-state index in [-0.39, 0.29) is 10.8 Å². The summed E-state index contributed by atoms with van der Waals surface area (Å²) in [7, 11) is -3.89. The summed E-state index contributed by atoms with van der Waals surface area (Å²) in [5.74, 6) is 0.643. The number of hydrogen-bond donors (Lipinski definition) is 1. The van der Waals surface area contributed by atoms with Gasteiger partial charge in [0, 0.05) is 24.7 Å². The molecule has 1 amide bonds. The van der Waals surface area contributed by atoms with Crippen LogP contribution in [0.4, 0.5) is 5.69 Å². The quantitative estimate of drug-likeness (QED) is 0.847. The van der Waals surface area contributed by atoms with Gasteiger partial charge in [-0.25, -0.2) is 8.42 Å². The minimum Gasteiger partial charge on any atom is -0.490 e. The predicted molar refractivity (Wildman–Crippen MR) is 104 cm³/mol. The van der Waals surface area contributed by atoms with Gasteiger partial charge >= 0.3 is 0 Å². The predicted octanol–water partition coefficient (Wildman–Crippen LogP) is 2.10. The second kappa shape index (κ2) is 7.44. The van der Waals surface area contributed by atoms with E-state index in [1.54, 1.807) is 17.9 Å². The number of anilines is 1. The molecule has 0 radical (unpaired) electrons. The van der Waals surface area contributed by atoms with Gasteiger partial charge in [-0.3, -0.25) is 4.79 Å². The molecule has 0 spiro atoms. The maximum atomic E-state index is 12.8. The van der Waals surface area contributed by atoms with Crippen molar-refractivity contribution in [3.8, 4) is 11.5 Å². The van der Waals surface area contributed by atoms with Gasteiger partial charge in [0.1, 0.15) is 0 Å². The van der Waals surface area contributed by atoms with E-state index in [0.717, 1.165) is 24.1 Å². The fourth-order valence-corrected chi connectivity index (χ4v) is 4.67. The second-order valence-corrected chi connectivity index (χ2v) is 8.58. The number of carbonyl (C=O) groups excluding carboxylic acids is 1. The fraction of sp³-hybridized carbons (Fsp3) is 0.350. The van der Waals surface area contributed by atoms with Crippen LogP contribution in [-0.2, 0) is 21.2 Å². The van der Waals surface area contributed by atoms with E-state index in [1.165, 1.54) is 12.1 Å². The lowest BCUT2D eigenvalue weighted by atomic mass is 10.2. The Morgan fingerprint density at radius 2 is 1.86 bits per heavy atom. The summed E-state index contributed by atoms with van der Waals surface area (Å²) in [6, 6.07) is 11.2. The third-order valence-corrected chi connectivity index (χ3v) is 6.42. The standard InChI is InChI=1S/C20H22N2O5S/c1-14(20(23)22-10-9-15-5-2-3-6-17(15)22)21-28(24,25)16-7-8-18-19(13-16)27-12-4-11-26-18/h2-3,5-8,13-14,21H,4,9-12H2,1H3/t14-/m0/s1. The van der Waals surface area contributed by atoms with Crippen LogP contribution in [0.3, 0.4) is 0 Å². The molecule has 4 rings (SSSR count). The van der Waals surface area contributed by atoms with Crippen LogP contribution < -0.4 is 19.1 Å². The van der Waals surface area contributed by atoms with Crippen molar-refractivity contribution in [2.24, 2.45) is 0 Å². The molecule has 2 heterocycles. The number of rotatable bonds is 4. The summed E-state index contributed by atoms with van der Waals surface area (Å²) in [4.78, 5) is 14.5. The molecular formula is C20H22N2O5S. The lowest BCUT2D eigenvalue weighted by molar-refractivity contribution is -0.119. The average molecular weight is 402 g/mol. The Labute approximate surface area is 164 Å². The van der Waals surface area contributed by atoms with Crippen molar-refractivity contribution >= 4 is 21.6 Å². The maximum Gasteiger partial charge on any atom is 0.244 e. The number of sulfonamides is 1. The van der Waals surface area contributed by atoms with Crippen molar-refractivity contribution in [1.82, 2.24) is 4.72 Å². The Bertz CT molecular complexity index is 1010. The van der Waals surface area contributed by atoms with Gasteiger partial charge in [-0.05, 0) is 37.1 Å². The van der Waals surface area contributed by atoms with Crippen molar-refractivity contribution in [3.05, 3.63) is 48.0 Å². The number of amides is 1. The van der Waals surface area contributed by atoms with E-state index in [4.69, 9.17) is 9.47 Å². The van der Waals surface area contributed by atoms with Crippen LogP contribution >= 0.6 is 0 Å². The number of benzene rings is 2. The Morgan fingerprint density at radius 3 is 2.68 bits per heavy atom. The number of nitrogens with zero attached hydrogens (tertiary/aromatic N) is 1. The first-order chi connectivity index (χ1) is 13.5. The zero-order valence-electron chi connectivity index (χ0n) is 15.6. The summed E-state index contributed by atoms with van der Waals surface area (Å²) in [6.45, 7) is 3.10. The zero-order chi connectivity index (χ0) is 19.7. The summed E-state index contributed by atoms with van der Waals surface area (Å²) >= 11 is 0. The van der Waals surface area contributed by atoms with E-state index < -0.39 is 16.1 Å². The molecule has 28 heavy (non-hydrogen) atoms. The van der Waals surface area contributed by atoms with Gasteiger partial charge in [0.2, 0.25) is 15.9 Å². The van der Waals surface area contributed by atoms with Crippen molar-refractivity contribution in [2.75, 3.05) is 24.7 Å². The zero-order valence-corrected chi connectivity index (χ0v) is 16.4. The highest BCUT2D eigenvalue weighted by molar-refractivity contribution is 7.89. The molecule has 7 nitrogen and oxygen atoms in total.